The number of esters is 1. The number of cyclic esters (lactones) is 1. The number of aliphatic hydroxyl groups excluding tert-OH is 4. The highest BCUT2D eigenvalue weighted by atomic mass is 35.5. The van der Waals surface area contributed by atoms with Crippen LogP contribution in [0.1, 0.15) is 188 Å². The maximum atomic E-state index is 15.2. The Labute approximate surface area is 814 Å². The molecule has 18 N–H and O–H groups in total. The Kier molecular flexibility index (Phi) is 56.3. The molecule has 1 aliphatic rings. The largest absolute Gasteiger partial charge is 0.530 e. The Morgan fingerprint density at radius 2 is 0.850 bits per heavy atom. The number of carboxylic acid groups (broad SMARTS) is 2. The minimum Gasteiger partial charge on any atom is -0.481 e. The minimum atomic E-state index is -4.05. The Bertz CT molecular complexity index is 4630. The van der Waals surface area contributed by atoms with Crippen LogP contribution in [0.15, 0.2) is 84.6 Å². The molecule has 0 aromatic heterocycles. The number of aliphatic carboxylic acids is 2. The summed E-state index contributed by atoms with van der Waals surface area (Å²) < 4.78 is 108. The van der Waals surface area contributed by atoms with Gasteiger partial charge >= 0.3 is 59.7 Å². The lowest BCUT2D eigenvalue weighted by Gasteiger charge is -2.29. The molecule has 0 saturated carbocycles. The Morgan fingerprint density at radius 1 is 0.464 bits per heavy atom. The third kappa shape index (κ3) is 46.0. The van der Waals surface area contributed by atoms with Crippen molar-refractivity contribution in [1.29, 1.82) is 0 Å². The van der Waals surface area contributed by atoms with E-state index in [1.54, 1.807) is 41.5 Å². The number of halogens is 1. The standard InChI is InChI=1S/C87H132ClN12O37P3/c1-10-18-19-20-21-22-23-24-25-28-58(102)47-69(104)92-67-53-125-84(118)72(68(103)49-88)99-82(115)73(74(107)83(116)117)100-75(108)62(11-2)93-81(114)71(54(9)101)98-78(111)65(43-46-91-87(121)128-52-57-34-40-61(41-35-57)137-140(124,133-16-7)134-17-8)95-76(109)63(29-26-27-44-89-85(119)126-50-55-30-36-59(37-31-55)135-138(122,129-12-3)130-13-4)94-79(112)66(48-70(105)106)97-77(110)64(96-80(67)113)42-45-90-86(120)127-51-56-32-38-60(39-33-56)136-139(123,131-14-5)132-15-6/h11,30-41,54,58,63-68,71-74,101-103,107H,10,12-29,42-53H2,1-9H3,(H,89,119)(H,90,120)(H,91,121)(H,92,104)(H,93,114)(H,94,112)(H,95,109)(H,96,113)(H,97,110)(H,98,111)(H,99,115)(H,100,108)(H,105,106)(H,116,117)/b62-11-/t54-,58+,63+,64+,65+,66?,67-,68+,71?,72?,73?,74+/m1/s1. The van der Waals surface area contributed by atoms with Crippen LogP contribution < -0.4 is 77.4 Å². The number of ether oxygens (including phenoxy) is 4. The van der Waals surface area contributed by atoms with E-state index in [2.05, 4.69) is 60.1 Å². The molecule has 3 aromatic rings. The summed E-state index contributed by atoms with van der Waals surface area (Å²) in [6, 6.07) is -1.26. The molecule has 1 heterocycles. The number of nitrogens with one attached hydrogen (secondary N) is 12. The van der Waals surface area contributed by atoms with Crippen molar-refractivity contribution in [3.8, 4) is 17.2 Å². The van der Waals surface area contributed by atoms with Crippen molar-refractivity contribution in [1.82, 2.24) is 63.8 Å². The molecule has 49 nitrogen and oxygen atoms in total. The minimum absolute atomic E-state index is 0.00211. The summed E-state index contributed by atoms with van der Waals surface area (Å²) in [5.41, 5.74) is 0.152. The molecule has 1 fully saturated rings. The van der Waals surface area contributed by atoms with Crippen molar-refractivity contribution in [2.24, 2.45) is 0 Å². The number of amides is 12. The van der Waals surface area contributed by atoms with E-state index in [1.807, 2.05) is 10.6 Å². The Balaban J connectivity index is 1.92. The molecule has 1 aliphatic heterocycles. The lowest BCUT2D eigenvalue weighted by atomic mass is 10.0. The van der Waals surface area contributed by atoms with E-state index in [-0.39, 0.29) is 89.3 Å². The number of hydrogen-bond donors (Lipinski definition) is 18. The van der Waals surface area contributed by atoms with E-state index in [0.717, 1.165) is 64.9 Å². The van der Waals surface area contributed by atoms with Gasteiger partial charge in [0.05, 0.1) is 76.7 Å². The third-order valence-electron chi connectivity index (χ3n) is 20.0. The van der Waals surface area contributed by atoms with Crippen LogP contribution in [0.2, 0.25) is 0 Å². The van der Waals surface area contributed by atoms with Gasteiger partial charge in [0.25, 0.3) is 5.91 Å². The molecule has 1 saturated heterocycles. The molecule has 12 atom stereocenters. The van der Waals surface area contributed by atoms with Crippen molar-refractivity contribution in [3.05, 3.63) is 101 Å². The molecule has 140 heavy (non-hydrogen) atoms. The summed E-state index contributed by atoms with van der Waals surface area (Å²) >= 11 is 6.01. The van der Waals surface area contributed by atoms with Gasteiger partial charge in [0.1, 0.15) is 91.7 Å². The fourth-order valence-electron chi connectivity index (χ4n) is 12.8. The zero-order valence-electron chi connectivity index (χ0n) is 79.4. The number of rotatable bonds is 55. The average Bonchev–Trinajstić information content (AvgIpc) is 0.830. The lowest BCUT2D eigenvalue weighted by molar-refractivity contribution is -0.155. The molecule has 3 aromatic carbocycles. The summed E-state index contributed by atoms with van der Waals surface area (Å²) in [7, 11) is -12.1. The Morgan fingerprint density at radius 3 is 1.25 bits per heavy atom. The van der Waals surface area contributed by atoms with Crippen LogP contribution >= 0.6 is 35.1 Å². The first-order valence-corrected chi connectivity index (χ1v) is 50.6. The lowest BCUT2D eigenvalue weighted by Crippen LogP contribution is -2.62. The second-order valence-corrected chi connectivity index (χ2v) is 36.2. The zero-order valence-corrected chi connectivity index (χ0v) is 82.9. The summed E-state index contributed by atoms with van der Waals surface area (Å²) in [5.74, 6) is -19.9. The monoisotopic (exact) mass is 2060 g/mol. The van der Waals surface area contributed by atoms with Gasteiger partial charge in [-0.25, -0.2) is 37.7 Å². The highest BCUT2D eigenvalue weighted by molar-refractivity contribution is 7.49. The number of alkyl carbamates (subject to hydrolysis) is 3. The van der Waals surface area contributed by atoms with Crippen LogP contribution in [0.5, 0.6) is 17.2 Å². The van der Waals surface area contributed by atoms with Crippen LogP contribution in [-0.4, -0.2) is 265 Å². The van der Waals surface area contributed by atoms with Crippen LogP contribution in [0.25, 0.3) is 0 Å². The van der Waals surface area contributed by atoms with Crippen LogP contribution in [0.4, 0.5) is 14.4 Å². The number of benzene rings is 3. The van der Waals surface area contributed by atoms with Gasteiger partial charge in [0.2, 0.25) is 47.3 Å². The summed E-state index contributed by atoms with van der Waals surface area (Å²) in [4.78, 5) is 212. The molecular formula is C87H132ClN12O37P3. The molecule has 784 valence electrons. The van der Waals surface area contributed by atoms with Crippen LogP contribution in [0, 0.1) is 0 Å². The molecule has 53 heteroatoms. The smallest absolute Gasteiger partial charge is 0.481 e. The number of allylic oxidation sites excluding steroid dienone is 1. The highest BCUT2D eigenvalue weighted by Crippen LogP contribution is 2.51. The first kappa shape index (κ1) is 121. The van der Waals surface area contributed by atoms with Gasteiger partial charge in [0.15, 0.2) is 12.1 Å². The van der Waals surface area contributed by atoms with Gasteiger partial charge in [-0.05, 0) is 147 Å². The number of aliphatic hydroxyl groups is 4. The average molecular weight is 2070 g/mol. The van der Waals surface area contributed by atoms with E-state index in [0.29, 0.717) is 29.5 Å². The normalized spacial score (nSPS) is 19.4. The SMILES string of the molecule is C/C=C1\NC(=O)C([C@@H](C)O)NC(=O)[C@H](CCNC(=O)OCc2ccc(OP(=O)(OCC)OCC)cc2)NC(=O)[C@H](CCCCNC(=O)OCc2ccc(OP(=O)(OCC)OCC)cc2)NC(=O)C(CC(=O)O)NC(=O)[C@H](CCNC(=O)OCc2ccc(OP(=O)(OCC)OCC)cc2)NC(=O)[C@H](NC(=O)C[C@@H](O)CCCCCCCCCCC)COC(=O)C([C@@H](O)CCl)NC(=O)C([C@H](O)C(=O)O)NC1=O. The van der Waals surface area contributed by atoms with Crippen LogP contribution in [0.3, 0.4) is 0 Å². The summed E-state index contributed by atoms with van der Waals surface area (Å²) in [6.45, 7) is 9.26. The molecule has 0 spiro atoms. The van der Waals surface area contributed by atoms with Crippen LogP contribution in [-0.2, 0) is 137 Å². The van der Waals surface area contributed by atoms with Gasteiger partial charge in [-0.2, -0.15) is 0 Å². The second kappa shape index (κ2) is 65.0. The number of phosphoric ester groups is 3. The number of unbranched alkanes of at least 4 members (excludes halogenated alkanes) is 9. The zero-order chi connectivity index (χ0) is 104. The van der Waals surface area contributed by atoms with Gasteiger partial charge in [-0.15, -0.1) is 11.6 Å². The van der Waals surface area contributed by atoms with Crippen molar-refractivity contribution >= 4 is 124 Å². The number of carboxylic acids is 2. The maximum Gasteiger partial charge on any atom is 0.530 e. The third-order valence-corrected chi connectivity index (χ3v) is 25.0. The molecule has 0 radical (unpaired) electrons. The predicted octanol–water partition coefficient (Wildman–Crippen LogP) is 5.42. The molecule has 12 amide bonds. The van der Waals surface area contributed by atoms with Crippen molar-refractivity contribution < 1.29 is 176 Å². The number of phosphoric acid groups is 3. The van der Waals surface area contributed by atoms with E-state index in [9.17, 15) is 97.1 Å². The van der Waals surface area contributed by atoms with Gasteiger partial charge in [0, 0.05) is 19.6 Å². The second-order valence-electron chi connectivity index (χ2n) is 31.1. The molecular weight excluding hydrogens is 1930 g/mol. The van der Waals surface area contributed by atoms with Crippen molar-refractivity contribution in [3.63, 3.8) is 0 Å². The quantitative estimate of drug-likeness (QED) is 0.00837. The molecule has 0 aliphatic carbocycles. The maximum absolute atomic E-state index is 15.2. The topological polar surface area (TPSA) is 693 Å². The number of alkyl halides is 1. The molecule has 4 unspecified atom stereocenters. The first-order chi connectivity index (χ1) is 66.6. The summed E-state index contributed by atoms with van der Waals surface area (Å²) in [6.07, 6.45) is -7.48. The van der Waals surface area contributed by atoms with E-state index < -0.39 is 262 Å². The fraction of sp³-hybridized carbons (Fsp3) is 0.598. The number of carbonyl (C=O) groups excluding carboxylic acids is 13. The van der Waals surface area contributed by atoms with Gasteiger partial charge in [-0.3, -0.25) is 75.1 Å². The van der Waals surface area contributed by atoms with E-state index >= 15 is 19.2 Å². The fourth-order valence-corrected chi connectivity index (χ4v) is 16.6. The first-order valence-electron chi connectivity index (χ1n) is 45.7. The molecule has 4 rings (SSSR count). The van der Waals surface area contributed by atoms with Gasteiger partial charge in [-0.1, -0.05) is 107 Å². The number of hydrogen-bond acceptors (Lipinski definition) is 35. The van der Waals surface area contributed by atoms with Crippen molar-refractivity contribution in [2.45, 2.75) is 264 Å². The number of carbonyl (C=O) groups is 15. The summed E-state index contributed by atoms with van der Waals surface area (Å²) in [5, 5.41) is 92.0. The van der Waals surface area contributed by atoms with Gasteiger partial charge < -0.3 is 127 Å². The Hall–Kier alpha value is -11.2. The highest BCUT2D eigenvalue weighted by Gasteiger charge is 2.42. The van der Waals surface area contributed by atoms with E-state index in [4.69, 9.17) is 71.3 Å². The predicted molar refractivity (Wildman–Crippen MR) is 497 cm³/mol. The van der Waals surface area contributed by atoms with Crippen molar-refractivity contribution in [2.75, 3.05) is 71.8 Å². The molecule has 0 bridgehead atoms. The van der Waals surface area contributed by atoms with E-state index in [1.165, 1.54) is 72.8 Å².